The molecule has 15 nitrogen and oxygen atoms in total. The summed E-state index contributed by atoms with van der Waals surface area (Å²) >= 11 is 0. The monoisotopic (exact) mass is 807 g/mol. The maximum absolute atomic E-state index is 14.9. The minimum absolute atomic E-state index is 0.0486. The fraction of sp³-hybridized carbons (Fsp3) is 0.558. The van der Waals surface area contributed by atoms with Gasteiger partial charge in [0, 0.05) is 24.2 Å². The number of hydrogen-bond acceptors (Lipinski definition) is 14. The average molecular weight is 808 g/mol. The van der Waals surface area contributed by atoms with Gasteiger partial charge in [0.15, 0.2) is 11.9 Å². The van der Waals surface area contributed by atoms with E-state index in [0.29, 0.717) is 11.8 Å². The topological polar surface area (TPSA) is 224 Å². The Hall–Kier alpha value is -4.51. The Balaban J connectivity index is 1.48. The molecule has 6 rings (SSSR count). The lowest BCUT2D eigenvalue weighted by Gasteiger charge is -2.67. The van der Waals surface area contributed by atoms with Crippen LogP contribution in [0.4, 0.5) is 4.79 Å². The van der Waals surface area contributed by atoms with Gasteiger partial charge in [0.2, 0.25) is 0 Å². The Morgan fingerprint density at radius 2 is 1.62 bits per heavy atom. The number of fused-ring (bicyclic) bond motifs is 5. The predicted octanol–water partition coefficient (Wildman–Crippen LogP) is 2.91. The third kappa shape index (κ3) is 7.15. The van der Waals surface area contributed by atoms with Gasteiger partial charge in [0.05, 0.1) is 35.8 Å². The van der Waals surface area contributed by atoms with E-state index in [4.69, 9.17) is 23.7 Å². The number of aldehydes is 1. The molecule has 0 spiro atoms. The number of amides is 1. The van der Waals surface area contributed by atoms with Crippen LogP contribution >= 0.6 is 0 Å². The van der Waals surface area contributed by atoms with Crippen LogP contribution in [-0.4, -0.2) is 117 Å². The van der Waals surface area contributed by atoms with Gasteiger partial charge in [0.1, 0.15) is 48.0 Å². The molecule has 3 aliphatic carbocycles. The second-order valence-corrected chi connectivity index (χ2v) is 17.5. The zero-order valence-electron chi connectivity index (χ0n) is 33.7. The van der Waals surface area contributed by atoms with Gasteiger partial charge in [-0.1, -0.05) is 62.4 Å². The summed E-state index contributed by atoms with van der Waals surface area (Å²) in [5.41, 5.74) is -7.84. The van der Waals surface area contributed by atoms with Gasteiger partial charge in [-0.05, 0) is 63.5 Å². The van der Waals surface area contributed by atoms with Crippen LogP contribution in [0.5, 0.6) is 0 Å². The third-order valence-electron chi connectivity index (χ3n) is 12.7. The highest BCUT2D eigenvalue weighted by Crippen LogP contribution is 2.64. The number of carbonyl (C=O) groups excluding carboxylic acids is 5. The molecule has 3 fully saturated rings. The van der Waals surface area contributed by atoms with Crippen molar-refractivity contribution in [2.24, 2.45) is 16.7 Å². The molecule has 5 N–H and O–H groups in total. The SMILES string of the molecule is CC1=C2[C@@H](O)C(=O)[C@@]3(C)[C@H]([C@H](OC(=O)c4ccccc4)[C@](O)(C[C@@H]1OC(=O)[C@H](O)[C@@H](NC(=O)OC(C)(C)C)c1ccccc1)C2(C)C)[C@]1(OCC=O)CO[C@@H]1C[C@@H]3O. The van der Waals surface area contributed by atoms with E-state index in [-0.39, 0.29) is 29.7 Å². The molecule has 1 heterocycles. The van der Waals surface area contributed by atoms with Crippen molar-refractivity contribution in [1.29, 1.82) is 0 Å². The number of aliphatic hydroxyl groups is 4. The first-order chi connectivity index (χ1) is 27.1. The molecule has 0 aromatic heterocycles. The van der Waals surface area contributed by atoms with E-state index in [2.05, 4.69) is 5.32 Å². The Kier molecular flexibility index (Phi) is 11.6. The van der Waals surface area contributed by atoms with Crippen molar-refractivity contribution in [2.45, 2.75) is 121 Å². The number of ketones is 1. The molecule has 2 aromatic carbocycles. The van der Waals surface area contributed by atoms with Crippen molar-refractivity contribution in [3.63, 3.8) is 0 Å². The van der Waals surface area contributed by atoms with Crippen LogP contribution in [0.2, 0.25) is 0 Å². The highest BCUT2D eigenvalue weighted by atomic mass is 16.6. The molecule has 0 radical (unpaired) electrons. The van der Waals surface area contributed by atoms with Gasteiger partial charge in [-0.25, -0.2) is 14.4 Å². The van der Waals surface area contributed by atoms with E-state index in [1.807, 2.05) is 0 Å². The minimum Gasteiger partial charge on any atom is -0.456 e. The maximum Gasteiger partial charge on any atom is 0.408 e. The number of esters is 2. The van der Waals surface area contributed by atoms with Crippen molar-refractivity contribution in [3.8, 4) is 0 Å². The number of aliphatic hydroxyl groups excluding tert-OH is 3. The fourth-order valence-electron chi connectivity index (χ4n) is 9.55. The van der Waals surface area contributed by atoms with Gasteiger partial charge in [-0.3, -0.25) is 4.79 Å². The molecule has 2 bridgehead atoms. The van der Waals surface area contributed by atoms with Crippen molar-refractivity contribution in [3.05, 3.63) is 82.9 Å². The molecule has 1 saturated heterocycles. The molecule has 58 heavy (non-hydrogen) atoms. The van der Waals surface area contributed by atoms with E-state index in [9.17, 15) is 44.4 Å². The van der Waals surface area contributed by atoms with E-state index in [0.717, 1.165) is 0 Å². The van der Waals surface area contributed by atoms with Crippen LogP contribution in [0.1, 0.15) is 83.3 Å². The fourth-order valence-corrected chi connectivity index (χ4v) is 9.55. The summed E-state index contributed by atoms with van der Waals surface area (Å²) in [7, 11) is 0. The van der Waals surface area contributed by atoms with Crippen molar-refractivity contribution in [2.75, 3.05) is 13.2 Å². The summed E-state index contributed by atoms with van der Waals surface area (Å²) in [6.45, 7) is 10.3. The van der Waals surface area contributed by atoms with Crippen LogP contribution in [0.15, 0.2) is 71.8 Å². The molecule has 2 saturated carbocycles. The Morgan fingerprint density at radius 1 is 1.00 bits per heavy atom. The van der Waals surface area contributed by atoms with Crippen molar-refractivity contribution >= 4 is 30.1 Å². The van der Waals surface area contributed by atoms with Crippen LogP contribution < -0.4 is 5.32 Å². The molecule has 1 amide bonds. The summed E-state index contributed by atoms with van der Waals surface area (Å²) in [5.74, 6) is -4.46. The lowest BCUT2D eigenvalue weighted by Crippen LogP contribution is -2.81. The van der Waals surface area contributed by atoms with Gasteiger partial charge in [-0.2, -0.15) is 0 Å². The van der Waals surface area contributed by atoms with Gasteiger partial charge in [0.25, 0.3) is 0 Å². The summed E-state index contributed by atoms with van der Waals surface area (Å²) in [5, 5.41) is 51.6. The number of hydrogen-bond donors (Lipinski definition) is 5. The first-order valence-electron chi connectivity index (χ1n) is 19.4. The summed E-state index contributed by atoms with van der Waals surface area (Å²) < 4.78 is 29.8. The standard InChI is InChI=1S/C43H53NO14/c1-23-26(56-37(51)32(48)30(24-14-10-8-11-15-24)44-38(52)58-39(2,3)4)21-43(53)35(57-36(50)25-16-12-9-13-17-25)33-41(7,34(49)31(47)29(23)40(43,5)6)27(46)20-28-42(33,22-54-28)55-19-18-45/h8-18,26-28,30-33,35,46-48,53H,19-22H2,1-7H3,(H,44,52)/t26-,27-,28+,30-,31+,32+,33-,35-,41+,42-,43+/m0/s1. The summed E-state index contributed by atoms with van der Waals surface area (Å²) in [6.07, 6.45) is -10.7. The Labute approximate surface area is 336 Å². The van der Waals surface area contributed by atoms with Crippen LogP contribution in [0.25, 0.3) is 0 Å². The van der Waals surface area contributed by atoms with Crippen molar-refractivity contribution < 1.29 is 68.1 Å². The van der Waals surface area contributed by atoms with E-state index < -0.39 is 113 Å². The molecule has 314 valence electrons. The predicted molar refractivity (Wildman–Crippen MR) is 204 cm³/mol. The van der Waals surface area contributed by atoms with E-state index in [1.165, 1.54) is 26.0 Å². The lowest BCUT2D eigenvalue weighted by atomic mass is 9.44. The molecule has 11 atom stereocenters. The highest BCUT2D eigenvalue weighted by molar-refractivity contribution is 5.94. The zero-order valence-corrected chi connectivity index (χ0v) is 33.7. The minimum atomic E-state index is -2.32. The summed E-state index contributed by atoms with van der Waals surface area (Å²) in [6, 6.07) is 14.7. The molecule has 4 aliphatic rings. The smallest absolute Gasteiger partial charge is 0.408 e. The second-order valence-electron chi connectivity index (χ2n) is 17.5. The van der Waals surface area contributed by atoms with Crippen LogP contribution in [-0.2, 0) is 38.1 Å². The lowest BCUT2D eigenvalue weighted by molar-refractivity contribution is -0.354. The summed E-state index contributed by atoms with van der Waals surface area (Å²) in [4.78, 5) is 67.9. The van der Waals surface area contributed by atoms with Crippen molar-refractivity contribution in [1.82, 2.24) is 5.32 Å². The quantitative estimate of drug-likeness (QED) is 0.101. The Bertz CT molecular complexity index is 1940. The zero-order chi connectivity index (χ0) is 42.6. The molecule has 1 aliphatic heterocycles. The van der Waals surface area contributed by atoms with Gasteiger partial charge in [-0.15, -0.1) is 0 Å². The first kappa shape index (κ1) is 43.1. The number of carbonyl (C=O) groups is 5. The highest BCUT2D eigenvalue weighted by Gasteiger charge is 2.77. The molecule has 0 unspecified atom stereocenters. The van der Waals surface area contributed by atoms with Crippen LogP contribution in [0.3, 0.4) is 0 Å². The number of Topliss-reactive ketones (excluding diaryl/α,β-unsaturated/α-hetero) is 1. The van der Waals surface area contributed by atoms with E-state index in [1.54, 1.807) is 83.1 Å². The normalized spacial score (nSPS) is 33.7. The number of ether oxygens (including phenoxy) is 5. The molecule has 15 heteroatoms. The van der Waals surface area contributed by atoms with Gasteiger partial charge < -0.3 is 54.2 Å². The maximum atomic E-state index is 14.9. The number of alkyl carbamates (subject to hydrolysis) is 1. The van der Waals surface area contributed by atoms with E-state index >= 15 is 0 Å². The molecular formula is C43H53NO14. The third-order valence-corrected chi connectivity index (χ3v) is 12.7. The Morgan fingerprint density at radius 3 is 2.19 bits per heavy atom. The number of nitrogens with one attached hydrogen (secondary N) is 1. The number of benzene rings is 2. The molecular weight excluding hydrogens is 754 g/mol. The first-order valence-corrected chi connectivity index (χ1v) is 19.4. The largest absolute Gasteiger partial charge is 0.456 e. The second kappa shape index (κ2) is 15.6. The number of rotatable bonds is 10. The van der Waals surface area contributed by atoms with Crippen LogP contribution in [0, 0.1) is 16.7 Å². The average Bonchev–Trinajstić information content (AvgIpc) is 3.16. The van der Waals surface area contributed by atoms with Gasteiger partial charge >= 0.3 is 18.0 Å². The molecule has 2 aromatic rings.